The van der Waals surface area contributed by atoms with Crippen LogP contribution in [0.1, 0.15) is 20.8 Å². The van der Waals surface area contributed by atoms with Crippen molar-refractivity contribution in [2.45, 2.75) is 20.8 Å². The Hall–Kier alpha value is -1.25. The topological polar surface area (TPSA) is 28.2 Å². The maximum atomic E-state index is 4.25. The van der Waals surface area contributed by atoms with E-state index in [9.17, 15) is 0 Å². The van der Waals surface area contributed by atoms with Crippen molar-refractivity contribution in [1.29, 1.82) is 0 Å². The van der Waals surface area contributed by atoms with Crippen molar-refractivity contribution in [3.63, 3.8) is 0 Å². The fourth-order valence-electron chi connectivity index (χ4n) is 1.59. The van der Waals surface area contributed by atoms with Crippen LogP contribution in [0.2, 0.25) is 0 Å². The van der Waals surface area contributed by atoms with E-state index in [-0.39, 0.29) is 0 Å². The van der Waals surface area contributed by atoms with Crippen LogP contribution >= 0.6 is 0 Å². The normalized spacial score (nSPS) is 10.5. The summed E-state index contributed by atoms with van der Waals surface area (Å²) in [7, 11) is 2.12. The van der Waals surface area contributed by atoms with Gasteiger partial charge in [0, 0.05) is 38.1 Å². The van der Waals surface area contributed by atoms with Crippen LogP contribution in [0, 0.1) is 5.92 Å². The third-order valence-corrected chi connectivity index (χ3v) is 2.18. The van der Waals surface area contributed by atoms with Crippen LogP contribution in [0.15, 0.2) is 18.3 Å². The maximum Gasteiger partial charge on any atom is 0.127 e. The molecule has 0 aliphatic heterocycles. The van der Waals surface area contributed by atoms with Crippen LogP contribution in [0.5, 0.6) is 0 Å². The molecule has 1 aromatic rings. The zero-order valence-corrected chi connectivity index (χ0v) is 10.1. The zero-order valence-electron chi connectivity index (χ0n) is 10.1. The Morgan fingerprint density at radius 3 is 2.80 bits per heavy atom. The van der Waals surface area contributed by atoms with Gasteiger partial charge in [-0.05, 0) is 18.9 Å². The largest absolute Gasteiger partial charge is 0.374 e. The van der Waals surface area contributed by atoms with Gasteiger partial charge in [0.1, 0.15) is 5.82 Å². The van der Waals surface area contributed by atoms with Gasteiger partial charge in [0.25, 0.3) is 0 Å². The average molecular weight is 207 g/mol. The third kappa shape index (κ3) is 3.78. The Morgan fingerprint density at radius 1 is 1.47 bits per heavy atom. The molecule has 0 aliphatic carbocycles. The Kier molecular flexibility index (Phi) is 4.40. The van der Waals surface area contributed by atoms with Crippen LogP contribution in [0.25, 0.3) is 0 Å². The quantitative estimate of drug-likeness (QED) is 0.804. The molecule has 1 heterocycles. The molecule has 15 heavy (non-hydrogen) atoms. The first-order valence-corrected chi connectivity index (χ1v) is 5.54. The molecule has 0 saturated carbocycles. The minimum atomic E-state index is 0.672. The van der Waals surface area contributed by atoms with E-state index in [1.807, 2.05) is 12.3 Å². The fourth-order valence-corrected chi connectivity index (χ4v) is 1.59. The molecule has 0 fully saturated rings. The lowest BCUT2D eigenvalue weighted by molar-refractivity contribution is 0.638. The monoisotopic (exact) mass is 207 g/mol. The molecule has 0 aromatic carbocycles. The van der Waals surface area contributed by atoms with Crippen molar-refractivity contribution in [3.05, 3.63) is 18.3 Å². The van der Waals surface area contributed by atoms with Gasteiger partial charge in [0.15, 0.2) is 0 Å². The first-order chi connectivity index (χ1) is 7.13. The van der Waals surface area contributed by atoms with Crippen molar-refractivity contribution < 1.29 is 0 Å². The first kappa shape index (κ1) is 11.8. The Balaban J connectivity index is 2.71. The lowest BCUT2D eigenvalue weighted by Crippen LogP contribution is -2.22. The number of nitrogens with zero attached hydrogens (tertiary/aromatic N) is 2. The minimum absolute atomic E-state index is 0.672. The van der Waals surface area contributed by atoms with E-state index >= 15 is 0 Å². The molecule has 0 bridgehead atoms. The standard InChI is InChI=1S/C12H21N3/c1-5-13-12-8-11(6-7-14-12)15(4)9-10(2)3/h6-8,10H,5,9H2,1-4H3,(H,13,14). The predicted molar refractivity (Wildman–Crippen MR) is 66.5 cm³/mol. The predicted octanol–water partition coefficient (Wildman–Crippen LogP) is 2.61. The minimum Gasteiger partial charge on any atom is -0.374 e. The van der Waals surface area contributed by atoms with Gasteiger partial charge in [-0.15, -0.1) is 0 Å². The van der Waals surface area contributed by atoms with E-state index in [1.54, 1.807) is 0 Å². The van der Waals surface area contributed by atoms with Crippen molar-refractivity contribution >= 4 is 11.5 Å². The summed E-state index contributed by atoms with van der Waals surface area (Å²) in [5.74, 6) is 1.62. The van der Waals surface area contributed by atoms with Gasteiger partial charge in [0.05, 0.1) is 0 Å². The Labute approximate surface area is 92.5 Å². The molecule has 0 radical (unpaired) electrons. The highest BCUT2D eigenvalue weighted by molar-refractivity contribution is 5.53. The molecule has 0 atom stereocenters. The van der Waals surface area contributed by atoms with Crippen LogP contribution < -0.4 is 10.2 Å². The van der Waals surface area contributed by atoms with E-state index in [4.69, 9.17) is 0 Å². The van der Waals surface area contributed by atoms with Crippen molar-refractivity contribution in [2.75, 3.05) is 30.4 Å². The van der Waals surface area contributed by atoms with Gasteiger partial charge in [-0.1, -0.05) is 13.8 Å². The fraction of sp³-hybridized carbons (Fsp3) is 0.583. The number of anilines is 2. The average Bonchev–Trinajstić information content (AvgIpc) is 2.17. The molecule has 1 aromatic heterocycles. The summed E-state index contributed by atoms with van der Waals surface area (Å²) in [5.41, 5.74) is 1.22. The number of aromatic nitrogens is 1. The molecule has 0 aliphatic rings. The molecule has 3 nitrogen and oxygen atoms in total. The molecule has 1 N–H and O–H groups in total. The molecule has 0 amide bonds. The summed E-state index contributed by atoms with van der Waals surface area (Å²) >= 11 is 0. The Bertz CT molecular complexity index is 297. The second kappa shape index (κ2) is 5.59. The van der Waals surface area contributed by atoms with E-state index in [1.165, 1.54) is 5.69 Å². The highest BCUT2D eigenvalue weighted by Gasteiger charge is 2.04. The number of hydrogen-bond acceptors (Lipinski definition) is 3. The summed E-state index contributed by atoms with van der Waals surface area (Å²) in [5, 5.41) is 3.22. The van der Waals surface area contributed by atoms with E-state index in [0.717, 1.165) is 18.9 Å². The molecular weight excluding hydrogens is 186 g/mol. The summed E-state index contributed by atoms with van der Waals surface area (Å²) in [6, 6.07) is 4.13. The van der Waals surface area contributed by atoms with Crippen molar-refractivity contribution in [2.24, 2.45) is 5.92 Å². The van der Waals surface area contributed by atoms with E-state index in [0.29, 0.717) is 5.92 Å². The second-order valence-corrected chi connectivity index (χ2v) is 4.20. The van der Waals surface area contributed by atoms with Gasteiger partial charge in [-0.3, -0.25) is 0 Å². The molecule has 3 heteroatoms. The second-order valence-electron chi connectivity index (χ2n) is 4.20. The number of rotatable bonds is 5. The summed E-state index contributed by atoms with van der Waals surface area (Å²) < 4.78 is 0. The molecule has 0 saturated heterocycles. The molecule has 84 valence electrons. The van der Waals surface area contributed by atoms with Crippen molar-refractivity contribution in [1.82, 2.24) is 4.98 Å². The SMILES string of the molecule is CCNc1cc(N(C)CC(C)C)ccn1. The number of nitrogens with one attached hydrogen (secondary N) is 1. The van der Waals surface area contributed by atoms with Gasteiger partial charge < -0.3 is 10.2 Å². The highest BCUT2D eigenvalue weighted by Crippen LogP contribution is 2.16. The smallest absolute Gasteiger partial charge is 0.127 e. The van der Waals surface area contributed by atoms with Gasteiger partial charge in [0.2, 0.25) is 0 Å². The van der Waals surface area contributed by atoms with Crippen LogP contribution in [-0.2, 0) is 0 Å². The van der Waals surface area contributed by atoms with Crippen LogP contribution in [0.4, 0.5) is 11.5 Å². The summed E-state index contributed by atoms with van der Waals surface area (Å²) in [6.45, 7) is 8.50. The van der Waals surface area contributed by atoms with Crippen LogP contribution in [0.3, 0.4) is 0 Å². The molecule has 1 rings (SSSR count). The third-order valence-electron chi connectivity index (χ3n) is 2.18. The lowest BCUT2D eigenvalue weighted by Gasteiger charge is -2.21. The maximum absolute atomic E-state index is 4.25. The van der Waals surface area contributed by atoms with Crippen molar-refractivity contribution in [3.8, 4) is 0 Å². The van der Waals surface area contributed by atoms with Gasteiger partial charge in [-0.2, -0.15) is 0 Å². The van der Waals surface area contributed by atoms with Crippen LogP contribution in [-0.4, -0.2) is 25.1 Å². The van der Waals surface area contributed by atoms with Gasteiger partial charge >= 0.3 is 0 Å². The summed E-state index contributed by atoms with van der Waals surface area (Å²) in [4.78, 5) is 6.51. The first-order valence-electron chi connectivity index (χ1n) is 5.54. The molecular formula is C12H21N3. The lowest BCUT2D eigenvalue weighted by atomic mass is 10.2. The molecule has 0 unspecified atom stereocenters. The van der Waals surface area contributed by atoms with E-state index in [2.05, 4.69) is 49.1 Å². The zero-order chi connectivity index (χ0) is 11.3. The summed E-state index contributed by atoms with van der Waals surface area (Å²) in [6.07, 6.45) is 1.85. The highest BCUT2D eigenvalue weighted by atomic mass is 15.1. The molecule has 0 spiro atoms. The number of pyridine rings is 1. The van der Waals surface area contributed by atoms with E-state index < -0.39 is 0 Å². The van der Waals surface area contributed by atoms with Gasteiger partial charge in [-0.25, -0.2) is 4.98 Å². The Morgan fingerprint density at radius 2 is 2.20 bits per heavy atom. The number of hydrogen-bond donors (Lipinski definition) is 1.